The highest BCUT2D eigenvalue weighted by molar-refractivity contribution is 5.98. The van der Waals surface area contributed by atoms with Gasteiger partial charge in [0.1, 0.15) is 17.8 Å². The zero-order valence-corrected chi connectivity index (χ0v) is 9.40. The molecule has 2 rings (SSSR count). The third-order valence-corrected chi connectivity index (χ3v) is 3.02. The van der Waals surface area contributed by atoms with Crippen LogP contribution in [-0.2, 0) is 14.3 Å². The molecule has 1 heterocycles. The molecular formula is C13H14O3. The second-order valence-corrected chi connectivity index (χ2v) is 4.18. The smallest absolute Gasteiger partial charge is 0.317 e. The molecular weight excluding hydrogens is 204 g/mol. The molecule has 2 atom stereocenters. The number of esters is 1. The van der Waals surface area contributed by atoms with E-state index in [0.717, 1.165) is 11.1 Å². The second kappa shape index (κ2) is 4.08. The maximum Gasteiger partial charge on any atom is 0.317 e. The number of ether oxygens (including phenoxy) is 1. The maximum atomic E-state index is 11.5. The van der Waals surface area contributed by atoms with E-state index >= 15 is 0 Å². The summed E-state index contributed by atoms with van der Waals surface area (Å²) in [6.45, 7) is 3.41. The summed E-state index contributed by atoms with van der Waals surface area (Å²) in [5, 5.41) is 0. The van der Waals surface area contributed by atoms with Gasteiger partial charge in [0.15, 0.2) is 0 Å². The number of rotatable bonds is 2. The number of ketones is 1. The number of hydrogen-bond donors (Lipinski definition) is 0. The van der Waals surface area contributed by atoms with Crippen molar-refractivity contribution in [3.8, 4) is 0 Å². The number of Topliss-reactive ketones (excluding diaryl/α,β-unsaturated/α-hetero) is 1. The zero-order chi connectivity index (χ0) is 11.7. The minimum Gasteiger partial charge on any atom is -0.457 e. The zero-order valence-electron chi connectivity index (χ0n) is 9.40. The number of carbonyl (C=O) groups is 2. The van der Waals surface area contributed by atoms with Crippen LogP contribution in [0.2, 0.25) is 0 Å². The predicted molar refractivity (Wildman–Crippen MR) is 58.8 cm³/mol. The van der Waals surface area contributed by atoms with Crippen LogP contribution in [0.1, 0.15) is 30.6 Å². The fraction of sp³-hybridized carbons (Fsp3) is 0.385. The summed E-state index contributed by atoms with van der Waals surface area (Å²) in [4.78, 5) is 22.7. The van der Waals surface area contributed by atoms with Gasteiger partial charge in [-0.15, -0.1) is 0 Å². The molecule has 0 aliphatic carbocycles. The van der Waals surface area contributed by atoms with Gasteiger partial charge in [-0.1, -0.05) is 24.3 Å². The van der Waals surface area contributed by atoms with Crippen LogP contribution in [0.4, 0.5) is 0 Å². The van der Waals surface area contributed by atoms with E-state index in [4.69, 9.17) is 4.74 Å². The highest BCUT2D eigenvalue weighted by Crippen LogP contribution is 2.35. The van der Waals surface area contributed by atoms with Crippen LogP contribution in [0.25, 0.3) is 0 Å². The summed E-state index contributed by atoms with van der Waals surface area (Å²) in [5.41, 5.74) is 2.09. The molecule has 1 aliphatic rings. The molecule has 0 saturated carbocycles. The SMILES string of the molecule is CC(=O)C1CC(c2ccccc2C)OC1=O. The molecule has 0 bridgehead atoms. The fourth-order valence-electron chi connectivity index (χ4n) is 2.05. The van der Waals surface area contributed by atoms with Crippen LogP contribution in [-0.4, -0.2) is 11.8 Å². The lowest BCUT2D eigenvalue weighted by Crippen LogP contribution is -2.15. The van der Waals surface area contributed by atoms with E-state index in [1.54, 1.807) is 0 Å². The largest absolute Gasteiger partial charge is 0.457 e. The van der Waals surface area contributed by atoms with Crippen molar-refractivity contribution in [1.29, 1.82) is 0 Å². The van der Waals surface area contributed by atoms with Crippen LogP contribution >= 0.6 is 0 Å². The summed E-state index contributed by atoms with van der Waals surface area (Å²) >= 11 is 0. The van der Waals surface area contributed by atoms with E-state index < -0.39 is 5.92 Å². The molecule has 2 unspecified atom stereocenters. The number of hydrogen-bond acceptors (Lipinski definition) is 3. The first-order valence-electron chi connectivity index (χ1n) is 5.36. The Hall–Kier alpha value is -1.64. The van der Waals surface area contributed by atoms with Crippen molar-refractivity contribution < 1.29 is 14.3 Å². The lowest BCUT2D eigenvalue weighted by atomic mass is 9.95. The first-order valence-corrected chi connectivity index (χ1v) is 5.36. The summed E-state index contributed by atoms with van der Waals surface area (Å²) in [6.07, 6.45) is 0.210. The topological polar surface area (TPSA) is 43.4 Å². The lowest BCUT2D eigenvalue weighted by Gasteiger charge is -2.11. The standard InChI is InChI=1S/C13H14O3/c1-8-5-3-4-6-10(8)12-7-11(9(2)14)13(15)16-12/h3-6,11-12H,7H2,1-2H3. The van der Waals surface area contributed by atoms with Crippen LogP contribution in [0, 0.1) is 12.8 Å². The molecule has 0 radical (unpaired) electrons. The van der Waals surface area contributed by atoms with Crippen LogP contribution in [0.5, 0.6) is 0 Å². The molecule has 1 fully saturated rings. The third kappa shape index (κ3) is 1.85. The van der Waals surface area contributed by atoms with Gasteiger partial charge in [-0.05, 0) is 25.0 Å². The molecule has 0 amide bonds. The number of benzene rings is 1. The average Bonchev–Trinajstić information content (AvgIpc) is 2.61. The van der Waals surface area contributed by atoms with Gasteiger partial charge in [-0.2, -0.15) is 0 Å². The molecule has 3 nitrogen and oxygen atoms in total. The molecule has 84 valence electrons. The normalized spacial score (nSPS) is 24.2. The van der Waals surface area contributed by atoms with Crippen molar-refractivity contribution in [1.82, 2.24) is 0 Å². The molecule has 3 heteroatoms. The first-order chi connectivity index (χ1) is 7.59. The van der Waals surface area contributed by atoms with Crippen molar-refractivity contribution in [3.05, 3.63) is 35.4 Å². The van der Waals surface area contributed by atoms with Crippen molar-refractivity contribution >= 4 is 11.8 Å². The van der Waals surface area contributed by atoms with E-state index in [1.165, 1.54) is 6.92 Å². The highest BCUT2D eigenvalue weighted by Gasteiger charge is 2.38. The summed E-state index contributed by atoms with van der Waals surface area (Å²) in [5.74, 6) is -1.08. The van der Waals surface area contributed by atoms with Crippen molar-refractivity contribution in [2.45, 2.75) is 26.4 Å². The number of aryl methyl sites for hydroxylation is 1. The molecule has 16 heavy (non-hydrogen) atoms. The van der Waals surface area contributed by atoms with Crippen molar-refractivity contribution in [3.63, 3.8) is 0 Å². The fourth-order valence-corrected chi connectivity index (χ4v) is 2.05. The minimum atomic E-state index is -0.579. The Labute approximate surface area is 94.4 Å². The maximum absolute atomic E-state index is 11.5. The molecule has 1 aromatic rings. The van der Waals surface area contributed by atoms with E-state index in [2.05, 4.69) is 0 Å². The first kappa shape index (κ1) is 10.9. The van der Waals surface area contributed by atoms with Crippen LogP contribution in [0.3, 0.4) is 0 Å². The lowest BCUT2D eigenvalue weighted by molar-refractivity contribution is -0.146. The summed E-state index contributed by atoms with van der Waals surface area (Å²) in [6, 6.07) is 7.77. The summed E-state index contributed by atoms with van der Waals surface area (Å²) < 4.78 is 5.24. The number of cyclic esters (lactones) is 1. The van der Waals surface area contributed by atoms with Crippen LogP contribution in [0.15, 0.2) is 24.3 Å². The number of carbonyl (C=O) groups excluding carboxylic acids is 2. The molecule has 0 spiro atoms. The van der Waals surface area contributed by atoms with Crippen molar-refractivity contribution in [2.75, 3.05) is 0 Å². The quantitative estimate of drug-likeness (QED) is 0.564. The minimum absolute atomic E-state index is 0.110. The van der Waals surface area contributed by atoms with E-state index in [0.29, 0.717) is 6.42 Å². The van der Waals surface area contributed by atoms with Gasteiger partial charge in [0.2, 0.25) is 0 Å². The van der Waals surface area contributed by atoms with Crippen molar-refractivity contribution in [2.24, 2.45) is 5.92 Å². The van der Waals surface area contributed by atoms with E-state index in [-0.39, 0.29) is 17.9 Å². The van der Waals surface area contributed by atoms with Gasteiger partial charge in [0.05, 0.1) is 0 Å². The monoisotopic (exact) mass is 218 g/mol. The Balaban J connectivity index is 2.24. The summed E-state index contributed by atoms with van der Waals surface area (Å²) in [7, 11) is 0. The highest BCUT2D eigenvalue weighted by atomic mass is 16.6. The Morgan fingerprint density at radius 3 is 2.62 bits per heavy atom. The van der Waals surface area contributed by atoms with Gasteiger partial charge < -0.3 is 4.74 Å². The van der Waals surface area contributed by atoms with E-state index in [1.807, 2.05) is 31.2 Å². The Bertz CT molecular complexity index is 437. The molecule has 1 aliphatic heterocycles. The Morgan fingerprint density at radius 1 is 1.38 bits per heavy atom. The van der Waals surface area contributed by atoms with E-state index in [9.17, 15) is 9.59 Å². The predicted octanol–water partition coefficient (Wildman–Crippen LogP) is 2.19. The average molecular weight is 218 g/mol. The third-order valence-electron chi connectivity index (χ3n) is 3.02. The Kier molecular flexibility index (Phi) is 2.77. The molecule has 1 aromatic carbocycles. The Morgan fingerprint density at radius 2 is 2.06 bits per heavy atom. The van der Waals surface area contributed by atoms with Gasteiger partial charge >= 0.3 is 5.97 Å². The second-order valence-electron chi connectivity index (χ2n) is 4.18. The molecule has 1 saturated heterocycles. The van der Waals surface area contributed by atoms with Gasteiger partial charge in [-0.25, -0.2) is 0 Å². The van der Waals surface area contributed by atoms with Crippen LogP contribution < -0.4 is 0 Å². The molecule has 0 N–H and O–H groups in total. The van der Waals surface area contributed by atoms with Gasteiger partial charge in [-0.3, -0.25) is 9.59 Å². The molecule has 0 aromatic heterocycles. The van der Waals surface area contributed by atoms with Gasteiger partial charge in [0, 0.05) is 6.42 Å². The van der Waals surface area contributed by atoms with Gasteiger partial charge in [0.25, 0.3) is 0 Å².